The number of nitrogens with one attached hydrogen (secondary N) is 3. The second-order valence-corrected chi connectivity index (χ2v) is 7.06. The van der Waals surface area contributed by atoms with Crippen LogP contribution in [0, 0.1) is 24.0 Å². The van der Waals surface area contributed by atoms with E-state index in [0.717, 1.165) is 11.1 Å². The molecule has 0 radical (unpaired) electrons. The summed E-state index contributed by atoms with van der Waals surface area (Å²) in [6, 6.07) is 19.1. The largest absolute Gasteiger partial charge is 0.324 e. The first-order chi connectivity index (χ1) is 14.8. The molecule has 3 N–H and O–H groups in total. The van der Waals surface area contributed by atoms with Crippen LogP contribution < -0.4 is 16.2 Å². The van der Waals surface area contributed by atoms with Crippen LogP contribution in [-0.2, 0) is 4.79 Å². The van der Waals surface area contributed by atoms with E-state index < -0.39 is 16.9 Å². The van der Waals surface area contributed by atoms with Gasteiger partial charge in [0.15, 0.2) is 0 Å². The number of amides is 2. The molecule has 0 aromatic heterocycles. The van der Waals surface area contributed by atoms with Gasteiger partial charge in [-0.2, -0.15) is 0 Å². The van der Waals surface area contributed by atoms with E-state index in [1.54, 1.807) is 24.3 Å². The maximum Gasteiger partial charge on any atom is 0.270 e. The van der Waals surface area contributed by atoms with Gasteiger partial charge in [0, 0.05) is 23.4 Å². The van der Waals surface area contributed by atoms with Crippen LogP contribution >= 0.6 is 0 Å². The predicted octanol–water partition coefficient (Wildman–Crippen LogP) is 3.83. The summed E-state index contributed by atoms with van der Waals surface area (Å²) in [7, 11) is 0. The van der Waals surface area contributed by atoms with E-state index in [2.05, 4.69) is 16.2 Å². The van der Waals surface area contributed by atoms with Crippen molar-refractivity contribution < 1.29 is 14.5 Å². The van der Waals surface area contributed by atoms with E-state index in [-0.39, 0.29) is 17.2 Å². The monoisotopic (exact) mass is 418 g/mol. The molecular weight excluding hydrogens is 396 g/mol. The van der Waals surface area contributed by atoms with Gasteiger partial charge >= 0.3 is 0 Å². The normalized spacial score (nSPS) is 11.4. The summed E-state index contributed by atoms with van der Waals surface area (Å²) in [5, 5.41) is 13.8. The molecule has 31 heavy (non-hydrogen) atoms. The molecule has 2 amide bonds. The van der Waals surface area contributed by atoms with Crippen LogP contribution in [0.5, 0.6) is 0 Å². The number of hydrogen-bond acceptors (Lipinski definition) is 5. The Balaban J connectivity index is 1.79. The third-order valence-electron chi connectivity index (χ3n) is 4.70. The Labute approximate surface area is 179 Å². The molecule has 3 rings (SSSR count). The second kappa shape index (κ2) is 9.64. The molecule has 8 heteroatoms. The summed E-state index contributed by atoms with van der Waals surface area (Å²) in [5.74, 6) is -0.955. The summed E-state index contributed by atoms with van der Waals surface area (Å²) < 4.78 is 0. The molecule has 0 spiro atoms. The van der Waals surface area contributed by atoms with Gasteiger partial charge in [-0.15, -0.1) is 0 Å². The summed E-state index contributed by atoms with van der Waals surface area (Å²) >= 11 is 0. The first-order valence-electron chi connectivity index (χ1n) is 9.58. The van der Waals surface area contributed by atoms with Crippen molar-refractivity contribution >= 4 is 23.2 Å². The van der Waals surface area contributed by atoms with Crippen molar-refractivity contribution in [1.29, 1.82) is 0 Å². The Morgan fingerprint density at radius 2 is 1.68 bits per heavy atom. The third kappa shape index (κ3) is 5.52. The Bertz CT molecular complexity index is 1120. The van der Waals surface area contributed by atoms with E-state index >= 15 is 0 Å². The molecule has 158 valence electrons. The summed E-state index contributed by atoms with van der Waals surface area (Å²) in [5.41, 5.74) is 8.38. The maximum atomic E-state index is 13.1. The number of rotatable bonds is 7. The second-order valence-electron chi connectivity index (χ2n) is 7.06. The zero-order valence-corrected chi connectivity index (χ0v) is 17.1. The Morgan fingerprint density at radius 3 is 2.39 bits per heavy atom. The number of nitro groups is 1. The summed E-state index contributed by atoms with van der Waals surface area (Å²) in [6.45, 7) is 3.82. The number of nitro benzene ring substituents is 1. The summed E-state index contributed by atoms with van der Waals surface area (Å²) in [4.78, 5) is 35.9. The van der Waals surface area contributed by atoms with Gasteiger partial charge in [0.2, 0.25) is 5.91 Å². The fourth-order valence-electron chi connectivity index (χ4n) is 2.99. The van der Waals surface area contributed by atoms with Crippen molar-refractivity contribution in [3.05, 3.63) is 105 Å². The molecule has 0 aliphatic heterocycles. The molecule has 0 unspecified atom stereocenters. The number of nitrogens with zero attached hydrogens (tertiary/aromatic N) is 1. The number of hydrazine groups is 1. The minimum absolute atomic E-state index is 0.100. The van der Waals surface area contributed by atoms with Crippen LogP contribution in [0.25, 0.3) is 0 Å². The number of benzene rings is 3. The van der Waals surface area contributed by atoms with Gasteiger partial charge in [-0.05, 0) is 42.7 Å². The fourth-order valence-corrected chi connectivity index (χ4v) is 2.99. The highest BCUT2D eigenvalue weighted by molar-refractivity contribution is 5.97. The molecule has 3 aromatic carbocycles. The van der Waals surface area contributed by atoms with Crippen LogP contribution in [0.4, 0.5) is 11.4 Å². The molecule has 1 atom stereocenters. The van der Waals surface area contributed by atoms with Crippen LogP contribution in [0.15, 0.2) is 72.8 Å². The van der Waals surface area contributed by atoms with Crippen molar-refractivity contribution in [3.8, 4) is 0 Å². The maximum absolute atomic E-state index is 13.1. The van der Waals surface area contributed by atoms with Crippen LogP contribution in [-0.4, -0.2) is 16.7 Å². The highest BCUT2D eigenvalue weighted by Crippen LogP contribution is 2.20. The standard InChI is InChI=1S/C23H22N4O4/c1-15-11-12-16(2)20(13-15)24-23(29)21(17-7-4-3-5-8-17)25-26-22(28)18-9-6-10-19(14-18)27(30)31/h3-14,21,25H,1-2H3,(H,24,29)(H,26,28)/t21-/m0/s1. The van der Waals surface area contributed by atoms with Gasteiger partial charge < -0.3 is 5.32 Å². The first-order valence-corrected chi connectivity index (χ1v) is 9.58. The Kier molecular flexibility index (Phi) is 6.74. The SMILES string of the molecule is Cc1ccc(C)c(NC(=O)[C@@H](NNC(=O)c2cccc([N+](=O)[O-])c2)c2ccccc2)c1. The average Bonchev–Trinajstić information content (AvgIpc) is 2.77. The lowest BCUT2D eigenvalue weighted by atomic mass is 10.1. The molecular formula is C23H22N4O4. The lowest BCUT2D eigenvalue weighted by Gasteiger charge is -2.20. The van der Waals surface area contributed by atoms with E-state index in [9.17, 15) is 19.7 Å². The quantitative estimate of drug-likeness (QED) is 0.399. The summed E-state index contributed by atoms with van der Waals surface area (Å²) in [6.07, 6.45) is 0. The van der Waals surface area contributed by atoms with Crippen molar-refractivity contribution in [2.45, 2.75) is 19.9 Å². The Hall–Kier alpha value is -4.04. The topological polar surface area (TPSA) is 113 Å². The van der Waals surface area contributed by atoms with Crippen LogP contribution in [0.1, 0.15) is 33.1 Å². The number of carbonyl (C=O) groups is 2. The fraction of sp³-hybridized carbons (Fsp3) is 0.130. The predicted molar refractivity (Wildman–Crippen MR) is 117 cm³/mol. The zero-order valence-electron chi connectivity index (χ0n) is 17.1. The lowest BCUT2D eigenvalue weighted by molar-refractivity contribution is -0.384. The first kappa shape index (κ1) is 21.7. The molecule has 0 fully saturated rings. The van der Waals surface area contributed by atoms with Crippen molar-refractivity contribution in [2.24, 2.45) is 0 Å². The van der Waals surface area contributed by atoms with Gasteiger partial charge in [0.1, 0.15) is 6.04 Å². The smallest absolute Gasteiger partial charge is 0.270 e. The molecule has 0 bridgehead atoms. The molecule has 0 aliphatic rings. The van der Waals surface area contributed by atoms with Crippen molar-refractivity contribution in [2.75, 3.05) is 5.32 Å². The molecule has 0 heterocycles. The van der Waals surface area contributed by atoms with Gasteiger partial charge in [-0.3, -0.25) is 25.1 Å². The van der Waals surface area contributed by atoms with E-state index in [4.69, 9.17) is 0 Å². The lowest BCUT2D eigenvalue weighted by Crippen LogP contribution is -2.44. The highest BCUT2D eigenvalue weighted by atomic mass is 16.6. The highest BCUT2D eigenvalue weighted by Gasteiger charge is 2.22. The molecule has 8 nitrogen and oxygen atoms in total. The zero-order chi connectivity index (χ0) is 22.4. The minimum atomic E-state index is -0.885. The van der Waals surface area contributed by atoms with E-state index in [1.165, 1.54) is 24.3 Å². The molecule has 0 saturated heterocycles. The number of aryl methyl sites for hydroxylation is 2. The van der Waals surface area contributed by atoms with Gasteiger partial charge in [-0.1, -0.05) is 48.5 Å². The van der Waals surface area contributed by atoms with E-state index in [1.807, 2.05) is 38.1 Å². The van der Waals surface area contributed by atoms with Gasteiger partial charge in [0.05, 0.1) is 4.92 Å². The van der Waals surface area contributed by atoms with Crippen molar-refractivity contribution in [1.82, 2.24) is 10.9 Å². The van der Waals surface area contributed by atoms with Gasteiger partial charge in [0.25, 0.3) is 11.6 Å². The molecule has 3 aromatic rings. The number of non-ortho nitro benzene ring substituents is 1. The minimum Gasteiger partial charge on any atom is -0.324 e. The Morgan fingerprint density at radius 1 is 0.935 bits per heavy atom. The van der Waals surface area contributed by atoms with Crippen LogP contribution in [0.3, 0.4) is 0 Å². The third-order valence-corrected chi connectivity index (χ3v) is 4.70. The van der Waals surface area contributed by atoms with E-state index in [0.29, 0.717) is 11.3 Å². The number of hydrogen-bond donors (Lipinski definition) is 3. The number of carbonyl (C=O) groups excluding carboxylic acids is 2. The van der Waals surface area contributed by atoms with Gasteiger partial charge in [-0.25, -0.2) is 5.43 Å². The molecule has 0 saturated carbocycles. The van der Waals surface area contributed by atoms with Crippen LogP contribution in [0.2, 0.25) is 0 Å². The van der Waals surface area contributed by atoms with Crippen molar-refractivity contribution in [3.63, 3.8) is 0 Å². The molecule has 0 aliphatic carbocycles. The average molecular weight is 418 g/mol. The number of anilines is 1.